The second-order valence-corrected chi connectivity index (χ2v) is 27.1. The fourth-order valence-electron chi connectivity index (χ4n) is 9.84. The summed E-state index contributed by atoms with van der Waals surface area (Å²) in [6.45, 7) is 33.1. The Kier molecular flexibility index (Phi) is 33.7. The van der Waals surface area contributed by atoms with Gasteiger partial charge in [0.2, 0.25) is 0 Å². The molecule has 31 nitrogen and oxygen atoms in total. The molecule has 5 amide bonds. The normalized spacial score (nSPS) is 15.3. The maximum Gasteiger partial charge on any atom is 0.410 e. The highest BCUT2D eigenvalue weighted by atomic mass is 79.9. The van der Waals surface area contributed by atoms with E-state index in [1.165, 1.54) is 21.3 Å². The summed E-state index contributed by atoms with van der Waals surface area (Å²) in [5.41, 5.74) is 4.44. The van der Waals surface area contributed by atoms with Crippen LogP contribution in [0.5, 0.6) is 0 Å². The van der Waals surface area contributed by atoms with Crippen LogP contribution in [0, 0.1) is 0 Å². The largest absolute Gasteiger partial charge is 0.464 e. The van der Waals surface area contributed by atoms with Gasteiger partial charge >= 0.3 is 36.2 Å². The molecule has 5 aliphatic heterocycles. The van der Waals surface area contributed by atoms with Gasteiger partial charge in [0.1, 0.15) is 45.3 Å². The van der Waals surface area contributed by atoms with Crippen LogP contribution in [0.1, 0.15) is 115 Å². The van der Waals surface area contributed by atoms with Crippen LogP contribution in [0.25, 0.3) is 0 Å². The molecule has 102 heavy (non-hydrogen) atoms. The lowest BCUT2D eigenvalue weighted by molar-refractivity contribution is 0.0221. The molecular weight excluding hydrogens is 1380 g/mol. The molecule has 0 saturated carbocycles. The fourth-order valence-corrected chi connectivity index (χ4v) is 10.1. The van der Waals surface area contributed by atoms with Crippen LogP contribution in [0.3, 0.4) is 0 Å². The molecule has 10 heterocycles. The standard InChI is InChI=1S/C16H24N4O3.C16H23N3O4.C11H16N4O.C11H15N3O2.C9H18N2O2.C7H6BrNO2/c1-16(2,3)23-15(22)20-9-7-19(8-10-20)12-5-6-13(18-11-12)14(21)17-4;1-16(2,3)23-15(21)19-9-7-18(8-10-19)12-5-6-13(17-11-12)14(20)22-4;1-12-11(16)10-3-2-9(8-14-10)15-6-4-13-5-7-15;1-16-11(15)10-3-2-9(8-13-10)14-6-4-12-5-7-14;1-9(2,3)13-8(12)11-6-4-10-5-7-11;1-11-7(10)6-3-2-5(8)4-9-6/h5-6,11H,7-10H2,1-4H3,(H,17,21);5-6,11H,7-10H2,1-4H3;2-3,8,13H,4-7H2,1H3,(H,12,16);2-3,8,12H,4-7H2,1H3;10H,4-7H2,1-3H3;2-4H,1H3. The Morgan fingerprint density at radius 3 is 0.833 bits per heavy atom. The maximum absolute atomic E-state index is 12.0. The summed E-state index contributed by atoms with van der Waals surface area (Å²) >= 11 is 3.20. The highest BCUT2D eigenvalue weighted by molar-refractivity contribution is 9.10. The number of hydrogen-bond donors (Lipinski definition) is 5. The van der Waals surface area contributed by atoms with E-state index in [0.717, 1.165) is 106 Å². The number of carbonyl (C=O) groups is 8. The molecule has 0 radical (unpaired) electrons. The Labute approximate surface area is 606 Å². The number of hydrogen-bond acceptors (Lipinski definition) is 26. The van der Waals surface area contributed by atoms with Crippen molar-refractivity contribution in [2.24, 2.45) is 0 Å². The number of methoxy groups -OCH3 is 3. The van der Waals surface area contributed by atoms with Crippen LogP contribution < -0.4 is 46.2 Å². The maximum atomic E-state index is 12.0. The molecule has 5 aliphatic rings. The summed E-state index contributed by atoms with van der Waals surface area (Å²) < 4.78 is 30.5. The molecule has 0 bridgehead atoms. The molecule has 0 spiro atoms. The van der Waals surface area contributed by atoms with Gasteiger partial charge in [0.15, 0.2) is 0 Å². The molecule has 0 unspecified atom stereocenters. The number of amides is 5. The van der Waals surface area contributed by atoms with Gasteiger partial charge in [-0.1, -0.05) is 0 Å². The number of carbonyl (C=O) groups excluding carboxylic acids is 8. The van der Waals surface area contributed by atoms with Crippen LogP contribution in [0.2, 0.25) is 0 Å². The number of aromatic nitrogens is 5. The Morgan fingerprint density at radius 2 is 0.598 bits per heavy atom. The number of ether oxygens (including phenoxy) is 6. The number of nitrogens with zero attached hydrogens (tertiary/aromatic N) is 12. The lowest BCUT2D eigenvalue weighted by Gasteiger charge is -2.36. The summed E-state index contributed by atoms with van der Waals surface area (Å²) in [5, 5.41) is 14.9. The van der Waals surface area contributed by atoms with Crippen LogP contribution in [0.4, 0.5) is 37.1 Å². The first-order valence-corrected chi connectivity index (χ1v) is 34.4. The van der Waals surface area contributed by atoms with E-state index in [2.05, 4.69) is 101 Å². The molecular formula is C70H102BrN17O14. The lowest BCUT2D eigenvalue weighted by atomic mass is 10.2. The fraction of sp³-hybridized carbons (Fsp3) is 0.529. The third-order valence-corrected chi connectivity index (χ3v) is 15.6. The highest BCUT2D eigenvalue weighted by Crippen LogP contribution is 2.21. The van der Waals surface area contributed by atoms with Crippen molar-refractivity contribution >= 4 is 86.7 Å². The smallest absolute Gasteiger partial charge is 0.410 e. The number of nitrogens with one attached hydrogen (secondary N) is 5. The number of pyridine rings is 5. The Bertz CT molecular complexity index is 3240. The number of piperazine rings is 5. The number of rotatable bonds is 9. The molecule has 0 aromatic carbocycles. The molecule has 0 aliphatic carbocycles. The van der Waals surface area contributed by atoms with Crippen molar-refractivity contribution in [2.75, 3.05) is 186 Å². The zero-order chi connectivity index (χ0) is 75.0. The number of anilines is 4. The van der Waals surface area contributed by atoms with Crippen LogP contribution in [-0.4, -0.2) is 271 Å². The minimum atomic E-state index is -0.484. The minimum absolute atomic E-state index is 0.146. The molecule has 32 heteroatoms. The second kappa shape index (κ2) is 41.4. The van der Waals surface area contributed by atoms with Gasteiger partial charge in [-0.3, -0.25) is 9.59 Å². The predicted molar refractivity (Wildman–Crippen MR) is 391 cm³/mol. The Hall–Kier alpha value is -9.53. The second-order valence-electron chi connectivity index (χ2n) is 26.2. The van der Waals surface area contributed by atoms with E-state index in [0.29, 0.717) is 75.1 Å². The van der Waals surface area contributed by atoms with Gasteiger partial charge in [-0.05, 0) is 139 Å². The van der Waals surface area contributed by atoms with Crippen molar-refractivity contribution in [1.82, 2.24) is 66.2 Å². The van der Waals surface area contributed by atoms with Gasteiger partial charge in [-0.2, -0.15) is 0 Å². The van der Waals surface area contributed by atoms with E-state index in [-0.39, 0.29) is 41.4 Å². The molecule has 10 rings (SSSR count). The van der Waals surface area contributed by atoms with Gasteiger partial charge in [0.05, 0.1) is 68.9 Å². The molecule has 558 valence electrons. The molecule has 0 atom stereocenters. The van der Waals surface area contributed by atoms with Gasteiger partial charge < -0.3 is 89.3 Å². The van der Waals surface area contributed by atoms with Crippen LogP contribution in [0.15, 0.2) is 96.1 Å². The Morgan fingerprint density at radius 1 is 0.353 bits per heavy atom. The molecule has 5 aromatic heterocycles. The van der Waals surface area contributed by atoms with Crippen molar-refractivity contribution in [3.8, 4) is 0 Å². The summed E-state index contributed by atoms with van der Waals surface area (Å²) in [6.07, 6.45) is 7.61. The van der Waals surface area contributed by atoms with E-state index in [1.807, 2.05) is 86.6 Å². The quantitative estimate of drug-likeness (QED) is 0.0833. The summed E-state index contributed by atoms with van der Waals surface area (Å²) in [4.78, 5) is 126. The zero-order valence-corrected chi connectivity index (χ0v) is 62.8. The summed E-state index contributed by atoms with van der Waals surface area (Å²) in [6, 6.07) is 17.7. The minimum Gasteiger partial charge on any atom is -0.464 e. The average Bonchev–Trinajstić information content (AvgIpc) is 0.842. The molecule has 5 aromatic rings. The zero-order valence-electron chi connectivity index (χ0n) is 61.3. The van der Waals surface area contributed by atoms with Gasteiger partial charge in [-0.15, -0.1) is 0 Å². The predicted octanol–water partition coefficient (Wildman–Crippen LogP) is 6.01. The third-order valence-electron chi connectivity index (χ3n) is 15.1. The van der Waals surface area contributed by atoms with Crippen molar-refractivity contribution in [3.05, 3.63) is 125 Å². The van der Waals surface area contributed by atoms with Crippen molar-refractivity contribution in [3.63, 3.8) is 0 Å². The van der Waals surface area contributed by atoms with E-state index < -0.39 is 29.1 Å². The first kappa shape index (κ1) is 83.1. The van der Waals surface area contributed by atoms with Gasteiger partial charge in [0, 0.05) is 156 Å². The highest BCUT2D eigenvalue weighted by Gasteiger charge is 2.29. The summed E-state index contributed by atoms with van der Waals surface area (Å²) in [5.74, 6) is -1.62. The molecule has 5 fully saturated rings. The van der Waals surface area contributed by atoms with Crippen molar-refractivity contribution in [2.45, 2.75) is 79.1 Å². The summed E-state index contributed by atoms with van der Waals surface area (Å²) in [7, 11) is 7.19. The number of esters is 3. The van der Waals surface area contributed by atoms with Gasteiger partial charge in [0.25, 0.3) is 11.8 Å². The van der Waals surface area contributed by atoms with Crippen LogP contribution in [-0.2, 0) is 28.4 Å². The molecule has 5 N–H and O–H groups in total. The van der Waals surface area contributed by atoms with E-state index >= 15 is 0 Å². The monoisotopic (exact) mass is 1480 g/mol. The van der Waals surface area contributed by atoms with E-state index in [9.17, 15) is 38.4 Å². The average molecular weight is 1490 g/mol. The lowest BCUT2D eigenvalue weighted by Crippen LogP contribution is -2.50. The molecule has 5 saturated heterocycles. The Balaban J connectivity index is 0.000000224. The van der Waals surface area contributed by atoms with E-state index in [4.69, 9.17) is 14.2 Å². The first-order chi connectivity index (χ1) is 48.4. The number of halogens is 1. The van der Waals surface area contributed by atoms with Gasteiger partial charge in [-0.25, -0.2) is 53.7 Å². The topological polar surface area (TPSA) is 339 Å². The van der Waals surface area contributed by atoms with Crippen LogP contribution >= 0.6 is 15.9 Å². The van der Waals surface area contributed by atoms with E-state index in [1.54, 1.807) is 96.2 Å². The SMILES string of the molecule is CC(C)(C)OC(=O)N1CCNCC1.CNC(=O)c1ccc(N2CCN(C(=O)OC(C)(C)C)CC2)cn1.CNC(=O)c1ccc(N2CCNCC2)cn1.COC(=O)c1ccc(Br)cn1.COC(=O)c1ccc(N2CCN(C(=O)OC(C)(C)C)CC2)cn1.COC(=O)c1ccc(N2CCNCC2)cn1. The van der Waals surface area contributed by atoms with Crippen molar-refractivity contribution in [1.29, 1.82) is 0 Å². The third kappa shape index (κ3) is 29.2. The first-order valence-electron chi connectivity index (χ1n) is 33.7. The van der Waals surface area contributed by atoms with Crippen molar-refractivity contribution < 1.29 is 66.8 Å².